The molecule has 0 aliphatic rings. The second-order valence-electron chi connectivity index (χ2n) is 6.05. The maximum Gasteiger partial charge on any atom is 0.240 e. The van der Waals surface area contributed by atoms with E-state index in [0.29, 0.717) is 19.1 Å². The van der Waals surface area contributed by atoms with Gasteiger partial charge in [-0.3, -0.25) is 4.99 Å². The molecule has 0 radical (unpaired) electrons. The van der Waals surface area contributed by atoms with Gasteiger partial charge in [-0.2, -0.15) is 0 Å². The standard InChI is InChI=1S/C20H28N4O3S2/c1-21-20(22-12-14-28-18-8-4-3-5-9-18)23-16-17-7-6-10-19(15-17)29(25,26)24-11-13-27-2/h3-10,15,24H,11-14,16H2,1-2H3,(H2,21,22,23). The second-order valence-corrected chi connectivity index (χ2v) is 8.99. The van der Waals surface area contributed by atoms with Gasteiger partial charge in [0, 0.05) is 44.4 Å². The first-order chi connectivity index (χ1) is 14.0. The van der Waals surface area contributed by atoms with Gasteiger partial charge in [-0.05, 0) is 29.8 Å². The SMILES string of the molecule is CN=C(NCCSc1ccccc1)NCc1cccc(S(=O)(=O)NCCOC)c1. The highest BCUT2D eigenvalue weighted by molar-refractivity contribution is 7.99. The molecule has 158 valence electrons. The fourth-order valence-electron chi connectivity index (χ4n) is 2.45. The number of nitrogens with one attached hydrogen (secondary N) is 3. The average Bonchev–Trinajstić information content (AvgIpc) is 2.74. The summed E-state index contributed by atoms with van der Waals surface area (Å²) in [6.45, 7) is 1.79. The number of aliphatic imine (C=N–C) groups is 1. The van der Waals surface area contributed by atoms with E-state index in [1.807, 2.05) is 24.3 Å². The fourth-order valence-corrected chi connectivity index (χ4v) is 4.32. The van der Waals surface area contributed by atoms with Crippen LogP contribution in [0.2, 0.25) is 0 Å². The van der Waals surface area contributed by atoms with Crippen molar-refractivity contribution in [3.63, 3.8) is 0 Å². The van der Waals surface area contributed by atoms with Crippen molar-refractivity contribution in [2.24, 2.45) is 4.99 Å². The third-order valence-electron chi connectivity index (χ3n) is 3.90. The minimum Gasteiger partial charge on any atom is -0.383 e. The highest BCUT2D eigenvalue weighted by Crippen LogP contribution is 2.15. The number of benzene rings is 2. The van der Waals surface area contributed by atoms with Crippen molar-refractivity contribution in [1.29, 1.82) is 0 Å². The zero-order valence-corrected chi connectivity index (χ0v) is 18.4. The van der Waals surface area contributed by atoms with Gasteiger partial charge in [-0.25, -0.2) is 13.1 Å². The fraction of sp³-hybridized carbons (Fsp3) is 0.350. The van der Waals surface area contributed by atoms with Crippen LogP contribution in [0.15, 0.2) is 69.4 Å². The van der Waals surface area contributed by atoms with Crippen LogP contribution < -0.4 is 15.4 Å². The molecular weight excluding hydrogens is 408 g/mol. The number of hydrogen-bond acceptors (Lipinski definition) is 5. The Balaban J connectivity index is 1.81. The largest absolute Gasteiger partial charge is 0.383 e. The first-order valence-electron chi connectivity index (χ1n) is 9.25. The molecule has 0 heterocycles. The van der Waals surface area contributed by atoms with Gasteiger partial charge in [0.25, 0.3) is 0 Å². The van der Waals surface area contributed by atoms with Crippen molar-refractivity contribution >= 4 is 27.7 Å². The highest BCUT2D eigenvalue weighted by Gasteiger charge is 2.13. The van der Waals surface area contributed by atoms with Gasteiger partial charge in [0.05, 0.1) is 11.5 Å². The van der Waals surface area contributed by atoms with Crippen molar-refractivity contribution in [2.45, 2.75) is 16.3 Å². The monoisotopic (exact) mass is 436 g/mol. The number of methoxy groups -OCH3 is 1. The molecule has 3 N–H and O–H groups in total. The summed E-state index contributed by atoms with van der Waals surface area (Å²) in [6, 6.07) is 17.1. The molecule has 9 heteroatoms. The number of sulfonamides is 1. The summed E-state index contributed by atoms with van der Waals surface area (Å²) < 4.78 is 32.0. The summed E-state index contributed by atoms with van der Waals surface area (Å²) in [5.74, 6) is 1.58. The Morgan fingerprint density at radius 3 is 2.59 bits per heavy atom. The van der Waals surface area contributed by atoms with Gasteiger partial charge in [0.15, 0.2) is 5.96 Å². The molecular formula is C20H28N4O3S2. The molecule has 0 atom stereocenters. The number of ether oxygens (including phenoxy) is 1. The number of nitrogens with zero attached hydrogens (tertiary/aromatic N) is 1. The van der Waals surface area contributed by atoms with Gasteiger partial charge < -0.3 is 15.4 Å². The lowest BCUT2D eigenvalue weighted by Crippen LogP contribution is -2.38. The zero-order chi connectivity index (χ0) is 21.0. The molecule has 0 amide bonds. The lowest BCUT2D eigenvalue weighted by atomic mass is 10.2. The molecule has 0 bridgehead atoms. The lowest BCUT2D eigenvalue weighted by molar-refractivity contribution is 0.204. The maximum absolute atomic E-state index is 12.3. The summed E-state index contributed by atoms with van der Waals surface area (Å²) in [5, 5.41) is 6.47. The third kappa shape index (κ3) is 8.45. The van der Waals surface area contributed by atoms with Gasteiger partial charge in [0.2, 0.25) is 10.0 Å². The second kappa shape index (κ2) is 12.5. The average molecular weight is 437 g/mol. The summed E-state index contributed by atoms with van der Waals surface area (Å²) in [6.07, 6.45) is 0. The highest BCUT2D eigenvalue weighted by atomic mass is 32.2. The van der Waals surface area contributed by atoms with E-state index in [1.54, 1.807) is 37.0 Å². The van der Waals surface area contributed by atoms with Crippen LogP contribution in [-0.4, -0.2) is 54.0 Å². The molecule has 0 unspecified atom stereocenters. The van der Waals surface area contributed by atoms with Crippen molar-refractivity contribution < 1.29 is 13.2 Å². The van der Waals surface area contributed by atoms with Crippen LogP contribution in [0, 0.1) is 0 Å². The lowest BCUT2D eigenvalue weighted by Gasteiger charge is -2.13. The predicted molar refractivity (Wildman–Crippen MR) is 119 cm³/mol. The number of hydrogen-bond donors (Lipinski definition) is 3. The molecule has 0 fully saturated rings. The van der Waals surface area contributed by atoms with E-state index < -0.39 is 10.0 Å². The molecule has 0 aliphatic carbocycles. The van der Waals surface area contributed by atoms with Crippen LogP contribution in [0.4, 0.5) is 0 Å². The Morgan fingerprint density at radius 1 is 1.07 bits per heavy atom. The third-order valence-corrected chi connectivity index (χ3v) is 6.37. The van der Waals surface area contributed by atoms with Gasteiger partial charge in [-0.15, -0.1) is 11.8 Å². The summed E-state index contributed by atoms with van der Waals surface area (Å²) >= 11 is 1.77. The smallest absolute Gasteiger partial charge is 0.240 e. The van der Waals surface area contributed by atoms with Crippen LogP contribution in [-0.2, 0) is 21.3 Å². The van der Waals surface area contributed by atoms with E-state index in [-0.39, 0.29) is 11.4 Å². The number of rotatable bonds is 11. The molecule has 29 heavy (non-hydrogen) atoms. The van der Waals surface area contributed by atoms with Crippen molar-refractivity contribution in [3.8, 4) is 0 Å². The van der Waals surface area contributed by atoms with Crippen LogP contribution >= 0.6 is 11.8 Å². The number of thioether (sulfide) groups is 1. The molecule has 0 spiro atoms. The van der Waals surface area contributed by atoms with Gasteiger partial charge >= 0.3 is 0 Å². The molecule has 2 aromatic carbocycles. The minimum absolute atomic E-state index is 0.232. The van der Waals surface area contributed by atoms with E-state index >= 15 is 0 Å². The summed E-state index contributed by atoms with van der Waals surface area (Å²) in [7, 11) is -0.311. The van der Waals surface area contributed by atoms with E-state index in [9.17, 15) is 8.42 Å². The van der Waals surface area contributed by atoms with E-state index in [1.165, 1.54) is 12.0 Å². The molecule has 0 aliphatic heterocycles. The molecule has 0 saturated carbocycles. The molecule has 0 aromatic heterocycles. The van der Waals surface area contributed by atoms with Gasteiger partial charge in [-0.1, -0.05) is 30.3 Å². The molecule has 2 rings (SSSR count). The Morgan fingerprint density at radius 2 is 1.86 bits per heavy atom. The number of guanidine groups is 1. The molecule has 2 aromatic rings. The van der Waals surface area contributed by atoms with Crippen molar-refractivity contribution in [3.05, 3.63) is 60.2 Å². The first kappa shape index (κ1) is 23.2. The molecule has 0 saturated heterocycles. The normalized spacial score (nSPS) is 12.0. The Hall–Kier alpha value is -2.07. The van der Waals surface area contributed by atoms with Crippen LogP contribution in [0.25, 0.3) is 0 Å². The Labute approximate surface area is 177 Å². The zero-order valence-electron chi connectivity index (χ0n) is 16.7. The van der Waals surface area contributed by atoms with Crippen LogP contribution in [0.3, 0.4) is 0 Å². The van der Waals surface area contributed by atoms with Crippen molar-refractivity contribution in [1.82, 2.24) is 15.4 Å². The maximum atomic E-state index is 12.3. The topological polar surface area (TPSA) is 91.8 Å². The van der Waals surface area contributed by atoms with E-state index in [4.69, 9.17) is 4.74 Å². The Bertz CT molecular complexity index is 874. The molecule has 7 nitrogen and oxygen atoms in total. The Kier molecular flexibility index (Phi) is 9.99. The van der Waals surface area contributed by atoms with E-state index in [0.717, 1.165) is 17.9 Å². The summed E-state index contributed by atoms with van der Waals surface area (Å²) in [5.41, 5.74) is 0.848. The van der Waals surface area contributed by atoms with Crippen LogP contribution in [0.5, 0.6) is 0 Å². The quantitative estimate of drug-likeness (QED) is 0.216. The predicted octanol–water partition coefficient (Wildman–Crippen LogP) is 2.07. The summed E-state index contributed by atoms with van der Waals surface area (Å²) in [4.78, 5) is 5.67. The van der Waals surface area contributed by atoms with E-state index in [2.05, 4.69) is 32.5 Å². The van der Waals surface area contributed by atoms with Crippen LogP contribution in [0.1, 0.15) is 5.56 Å². The minimum atomic E-state index is -3.55. The first-order valence-corrected chi connectivity index (χ1v) is 11.7. The van der Waals surface area contributed by atoms with Crippen molar-refractivity contribution in [2.75, 3.05) is 39.6 Å². The van der Waals surface area contributed by atoms with Gasteiger partial charge in [0.1, 0.15) is 0 Å².